The van der Waals surface area contributed by atoms with Crippen LogP contribution in [0.15, 0.2) is 24.7 Å². The Morgan fingerprint density at radius 1 is 0.846 bits per heavy atom. The fraction of sp³-hybridized carbons (Fsp3) is 0.667. The maximum Gasteiger partial charge on any atom is 0.0861 e. The van der Waals surface area contributed by atoms with Crippen molar-refractivity contribution < 1.29 is 4.74 Å². The summed E-state index contributed by atoms with van der Waals surface area (Å²) in [7, 11) is 0. The second kappa shape index (κ2) is 11.3. The highest BCUT2D eigenvalue weighted by Gasteiger charge is 1.78. The first-order valence-electron chi connectivity index (χ1n) is 5.37. The topological polar surface area (TPSA) is 9.23 Å². The summed E-state index contributed by atoms with van der Waals surface area (Å²) in [6, 6.07) is 0. The van der Waals surface area contributed by atoms with Gasteiger partial charge in [-0.15, -0.1) is 0 Å². The number of unbranched alkanes of at least 4 members (excludes halogenated alkanes) is 4. The van der Waals surface area contributed by atoms with E-state index in [0.29, 0.717) is 0 Å². The molecule has 1 heteroatoms. The van der Waals surface area contributed by atoms with Crippen molar-refractivity contribution in [1.29, 1.82) is 0 Å². The molecule has 0 aliphatic heterocycles. The number of allylic oxidation sites excluding steroid dienone is 2. The van der Waals surface area contributed by atoms with Crippen LogP contribution in [0, 0.1) is 0 Å². The van der Waals surface area contributed by atoms with E-state index in [0.717, 1.165) is 12.8 Å². The van der Waals surface area contributed by atoms with E-state index >= 15 is 0 Å². The molecule has 0 N–H and O–H groups in total. The molecule has 0 amide bonds. The minimum Gasteiger partial charge on any atom is -0.473 e. The van der Waals surface area contributed by atoms with Gasteiger partial charge in [-0.2, -0.15) is 0 Å². The van der Waals surface area contributed by atoms with E-state index in [2.05, 4.69) is 26.0 Å². The van der Waals surface area contributed by atoms with Crippen LogP contribution in [0.3, 0.4) is 0 Å². The van der Waals surface area contributed by atoms with Gasteiger partial charge in [0.1, 0.15) is 0 Å². The van der Waals surface area contributed by atoms with Crippen molar-refractivity contribution in [2.24, 2.45) is 0 Å². The van der Waals surface area contributed by atoms with Gasteiger partial charge in [-0.25, -0.2) is 0 Å². The van der Waals surface area contributed by atoms with Crippen molar-refractivity contribution in [3.8, 4) is 0 Å². The molecule has 0 aliphatic rings. The summed E-state index contributed by atoms with van der Waals surface area (Å²) in [5.41, 5.74) is 0. The Balaban J connectivity index is 3.13. The molecule has 0 atom stereocenters. The van der Waals surface area contributed by atoms with Crippen molar-refractivity contribution in [1.82, 2.24) is 0 Å². The van der Waals surface area contributed by atoms with Gasteiger partial charge in [0, 0.05) is 0 Å². The maximum atomic E-state index is 5.17. The van der Waals surface area contributed by atoms with Gasteiger partial charge in [0.25, 0.3) is 0 Å². The smallest absolute Gasteiger partial charge is 0.0861 e. The van der Waals surface area contributed by atoms with Crippen LogP contribution in [-0.4, -0.2) is 0 Å². The predicted octanol–water partition coefficient (Wildman–Crippen LogP) is 4.41. The maximum absolute atomic E-state index is 5.17. The van der Waals surface area contributed by atoms with Crippen molar-refractivity contribution in [3.05, 3.63) is 24.7 Å². The Labute approximate surface area is 82.5 Å². The standard InChI is InChI=1S/C12H22O/c1-3-5-7-9-11-13-12-10-8-6-4-2/h9-12H,3-8H2,1-2H3/b11-9+,12-10+. The molecule has 0 bridgehead atoms. The third-order valence-corrected chi connectivity index (χ3v) is 1.80. The quantitative estimate of drug-likeness (QED) is 0.399. The van der Waals surface area contributed by atoms with Crippen LogP contribution in [-0.2, 0) is 4.74 Å². The normalized spacial score (nSPS) is 11.5. The molecule has 0 aromatic rings. The SMILES string of the molecule is CCCC/C=C/O/C=C/CCCC. The number of ether oxygens (including phenoxy) is 1. The molecule has 0 heterocycles. The summed E-state index contributed by atoms with van der Waals surface area (Å²) in [6.07, 6.45) is 14.9. The van der Waals surface area contributed by atoms with E-state index in [9.17, 15) is 0 Å². The van der Waals surface area contributed by atoms with Gasteiger partial charge in [-0.1, -0.05) is 26.7 Å². The van der Waals surface area contributed by atoms with E-state index < -0.39 is 0 Å². The molecule has 0 fully saturated rings. The van der Waals surface area contributed by atoms with Crippen LogP contribution in [0.4, 0.5) is 0 Å². The zero-order valence-corrected chi connectivity index (χ0v) is 8.96. The van der Waals surface area contributed by atoms with Crippen LogP contribution in [0.5, 0.6) is 0 Å². The molecule has 0 radical (unpaired) electrons. The summed E-state index contributed by atoms with van der Waals surface area (Å²) >= 11 is 0. The first kappa shape index (κ1) is 12.3. The molecule has 0 rings (SSSR count). The average Bonchev–Trinajstić information content (AvgIpc) is 2.16. The average molecular weight is 182 g/mol. The Morgan fingerprint density at radius 2 is 1.31 bits per heavy atom. The van der Waals surface area contributed by atoms with Gasteiger partial charge in [-0.05, 0) is 37.8 Å². The molecule has 0 unspecified atom stereocenters. The molecule has 1 nitrogen and oxygen atoms in total. The lowest BCUT2D eigenvalue weighted by Gasteiger charge is -1.91. The number of rotatable bonds is 8. The minimum atomic E-state index is 1.12. The van der Waals surface area contributed by atoms with E-state index in [4.69, 9.17) is 4.74 Å². The monoisotopic (exact) mass is 182 g/mol. The van der Waals surface area contributed by atoms with Gasteiger partial charge in [0.2, 0.25) is 0 Å². The zero-order chi connectivity index (χ0) is 9.78. The van der Waals surface area contributed by atoms with Crippen LogP contribution >= 0.6 is 0 Å². The Kier molecular flexibility index (Phi) is 10.7. The third kappa shape index (κ3) is 11.3. The largest absolute Gasteiger partial charge is 0.473 e. The summed E-state index contributed by atoms with van der Waals surface area (Å²) in [5, 5.41) is 0. The molecule has 0 aromatic heterocycles. The molecule has 0 spiro atoms. The van der Waals surface area contributed by atoms with E-state index in [1.807, 2.05) is 0 Å². The van der Waals surface area contributed by atoms with Crippen molar-refractivity contribution >= 4 is 0 Å². The fourth-order valence-electron chi connectivity index (χ4n) is 0.937. The van der Waals surface area contributed by atoms with Crippen LogP contribution < -0.4 is 0 Å². The van der Waals surface area contributed by atoms with Crippen molar-refractivity contribution in [2.45, 2.75) is 52.4 Å². The molecule has 0 aromatic carbocycles. The van der Waals surface area contributed by atoms with Crippen molar-refractivity contribution in [2.75, 3.05) is 0 Å². The van der Waals surface area contributed by atoms with Gasteiger partial charge >= 0.3 is 0 Å². The molecule has 76 valence electrons. The van der Waals surface area contributed by atoms with Gasteiger partial charge in [0.05, 0.1) is 12.5 Å². The lowest BCUT2D eigenvalue weighted by atomic mass is 10.2. The molecule has 0 aliphatic carbocycles. The van der Waals surface area contributed by atoms with Crippen LogP contribution in [0.1, 0.15) is 52.4 Å². The Hall–Kier alpha value is -0.720. The van der Waals surface area contributed by atoms with Gasteiger partial charge in [-0.3, -0.25) is 0 Å². The molecule has 13 heavy (non-hydrogen) atoms. The summed E-state index contributed by atoms with van der Waals surface area (Å²) in [5.74, 6) is 0. The van der Waals surface area contributed by atoms with Gasteiger partial charge < -0.3 is 4.74 Å². The van der Waals surface area contributed by atoms with Crippen LogP contribution in [0.2, 0.25) is 0 Å². The highest BCUT2D eigenvalue weighted by atomic mass is 16.5. The molecular weight excluding hydrogens is 160 g/mol. The van der Waals surface area contributed by atoms with E-state index in [1.54, 1.807) is 12.5 Å². The van der Waals surface area contributed by atoms with Crippen molar-refractivity contribution in [3.63, 3.8) is 0 Å². The highest BCUT2D eigenvalue weighted by molar-refractivity contribution is 4.79. The first-order chi connectivity index (χ1) is 6.41. The summed E-state index contributed by atoms with van der Waals surface area (Å²) in [6.45, 7) is 4.39. The summed E-state index contributed by atoms with van der Waals surface area (Å²) < 4.78 is 5.17. The van der Waals surface area contributed by atoms with Crippen LogP contribution in [0.25, 0.3) is 0 Å². The predicted molar refractivity (Wildman–Crippen MR) is 58.4 cm³/mol. The molecular formula is C12H22O. The van der Waals surface area contributed by atoms with E-state index in [-0.39, 0.29) is 0 Å². The fourth-order valence-corrected chi connectivity index (χ4v) is 0.937. The number of hydrogen-bond donors (Lipinski definition) is 0. The highest BCUT2D eigenvalue weighted by Crippen LogP contribution is 1.97. The first-order valence-corrected chi connectivity index (χ1v) is 5.37. The summed E-state index contributed by atoms with van der Waals surface area (Å²) in [4.78, 5) is 0. The second-order valence-corrected chi connectivity index (χ2v) is 3.16. The lowest BCUT2D eigenvalue weighted by molar-refractivity contribution is 0.398. The Bertz CT molecular complexity index is 120. The third-order valence-electron chi connectivity index (χ3n) is 1.80. The van der Waals surface area contributed by atoms with E-state index in [1.165, 1.54) is 25.7 Å². The zero-order valence-electron chi connectivity index (χ0n) is 8.96. The number of hydrogen-bond acceptors (Lipinski definition) is 1. The lowest BCUT2D eigenvalue weighted by Crippen LogP contribution is -1.70. The molecule has 0 saturated carbocycles. The van der Waals surface area contributed by atoms with Gasteiger partial charge in [0.15, 0.2) is 0 Å². The second-order valence-electron chi connectivity index (χ2n) is 3.16. The minimum absolute atomic E-state index is 1.12. The Morgan fingerprint density at radius 3 is 1.69 bits per heavy atom. The molecule has 0 saturated heterocycles.